The van der Waals surface area contributed by atoms with E-state index in [0.29, 0.717) is 23.0 Å². The van der Waals surface area contributed by atoms with Crippen molar-refractivity contribution in [2.75, 3.05) is 12.3 Å². The maximum atomic E-state index is 12.6. The van der Waals surface area contributed by atoms with Crippen molar-refractivity contribution in [2.24, 2.45) is 0 Å². The van der Waals surface area contributed by atoms with Crippen LogP contribution in [0.15, 0.2) is 46.0 Å². The molecule has 0 amide bonds. The lowest BCUT2D eigenvalue weighted by atomic mass is 10.2. The number of benzene rings is 1. The predicted molar refractivity (Wildman–Crippen MR) is 83.1 cm³/mol. The molecule has 1 heterocycles. The molecule has 0 saturated carbocycles. The molecule has 0 atom stereocenters. The van der Waals surface area contributed by atoms with Crippen LogP contribution >= 0.6 is 11.3 Å². The lowest BCUT2D eigenvalue weighted by Gasteiger charge is -2.21. The number of nitrogens with two attached hydrogens (primary N) is 1. The topological polar surface area (TPSA) is 63.4 Å². The molecule has 0 aliphatic carbocycles. The standard InChI is InChI=1S/C14H18N2O2S2/c1-2-9-16(11-12-5-7-13(15)8-6-12)20(17,18)14-4-3-10-19-14/h3-8,10H,2,9,11,15H2,1H3. The molecule has 0 saturated heterocycles. The molecule has 20 heavy (non-hydrogen) atoms. The number of nitrogen functional groups attached to an aromatic ring is 1. The Bertz CT molecular complexity index is 634. The second-order valence-corrected chi connectivity index (χ2v) is 7.62. The fourth-order valence-electron chi connectivity index (χ4n) is 1.90. The highest BCUT2D eigenvalue weighted by Crippen LogP contribution is 2.23. The second-order valence-electron chi connectivity index (χ2n) is 4.51. The minimum atomic E-state index is -3.41. The molecule has 108 valence electrons. The molecule has 6 heteroatoms. The van der Waals surface area contributed by atoms with E-state index in [4.69, 9.17) is 5.73 Å². The smallest absolute Gasteiger partial charge is 0.252 e. The summed E-state index contributed by atoms with van der Waals surface area (Å²) < 4.78 is 27.0. The molecular formula is C14H18N2O2S2. The third-order valence-electron chi connectivity index (χ3n) is 2.90. The summed E-state index contributed by atoms with van der Waals surface area (Å²) in [5, 5.41) is 1.78. The molecule has 0 fully saturated rings. The first kappa shape index (κ1) is 15.0. The largest absolute Gasteiger partial charge is 0.399 e. The van der Waals surface area contributed by atoms with Gasteiger partial charge in [-0.05, 0) is 35.6 Å². The van der Waals surface area contributed by atoms with Crippen molar-refractivity contribution in [1.82, 2.24) is 4.31 Å². The van der Waals surface area contributed by atoms with E-state index in [9.17, 15) is 8.42 Å². The van der Waals surface area contributed by atoms with Crippen molar-refractivity contribution in [3.63, 3.8) is 0 Å². The average molecular weight is 310 g/mol. The Morgan fingerprint density at radius 2 is 1.90 bits per heavy atom. The van der Waals surface area contributed by atoms with Gasteiger partial charge in [-0.3, -0.25) is 0 Å². The first-order valence-electron chi connectivity index (χ1n) is 6.42. The molecule has 2 aromatic rings. The van der Waals surface area contributed by atoms with Crippen LogP contribution < -0.4 is 5.73 Å². The predicted octanol–water partition coefficient (Wildman–Crippen LogP) is 2.93. The van der Waals surface area contributed by atoms with Gasteiger partial charge in [0, 0.05) is 18.8 Å². The van der Waals surface area contributed by atoms with Crippen molar-refractivity contribution < 1.29 is 8.42 Å². The number of thiophene rings is 1. The molecule has 0 spiro atoms. The fourth-order valence-corrected chi connectivity index (χ4v) is 4.56. The third kappa shape index (κ3) is 3.39. The van der Waals surface area contributed by atoms with Crippen molar-refractivity contribution in [2.45, 2.75) is 24.1 Å². The molecule has 0 radical (unpaired) electrons. The van der Waals surface area contributed by atoms with Crippen molar-refractivity contribution in [1.29, 1.82) is 0 Å². The Hall–Kier alpha value is -1.37. The van der Waals surface area contributed by atoms with Gasteiger partial charge in [0.05, 0.1) is 0 Å². The Morgan fingerprint density at radius 3 is 2.45 bits per heavy atom. The normalized spacial score (nSPS) is 11.9. The van der Waals surface area contributed by atoms with Crippen LogP contribution in [-0.2, 0) is 16.6 Å². The maximum Gasteiger partial charge on any atom is 0.252 e. The van der Waals surface area contributed by atoms with Crippen LogP contribution in [0.4, 0.5) is 5.69 Å². The zero-order valence-corrected chi connectivity index (χ0v) is 13.0. The number of hydrogen-bond acceptors (Lipinski definition) is 4. The van der Waals surface area contributed by atoms with E-state index in [2.05, 4.69) is 0 Å². The molecule has 1 aromatic carbocycles. The zero-order chi connectivity index (χ0) is 14.6. The summed E-state index contributed by atoms with van der Waals surface area (Å²) in [6.07, 6.45) is 0.777. The summed E-state index contributed by atoms with van der Waals surface area (Å²) in [5.41, 5.74) is 7.26. The maximum absolute atomic E-state index is 12.6. The summed E-state index contributed by atoms with van der Waals surface area (Å²) >= 11 is 1.25. The summed E-state index contributed by atoms with van der Waals surface area (Å²) in [6, 6.07) is 10.7. The molecule has 0 unspecified atom stereocenters. The van der Waals surface area contributed by atoms with Gasteiger partial charge in [-0.2, -0.15) is 4.31 Å². The molecule has 0 bridgehead atoms. The van der Waals surface area contributed by atoms with Gasteiger partial charge in [0.25, 0.3) is 10.0 Å². The van der Waals surface area contributed by atoms with Gasteiger partial charge in [-0.25, -0.2) is 8.42 Å². The van der Waals surface area contributed by atoms with Gasteiger partial charge in [0.2, 0.25) is 0 Å². The molecule has 1 aromatic heterocycles. The molecule has 2 N–H and O–H groups in total. The lowest BCUT2D eigenvalue weighted by Crippen LogP contribution is -2.30. The van der Waals surface area contributed by atoms with E-state index in [-0.39, 0.29) is 0 Å². The quantitative estimate of drug-likeness (QED) is 0.834. The first-order valence-corrected chi connectivity index (χ1v) is 8.74. The van der Waals surface area contributed by atoms with Gasteiger partial charge in [-0.15, -0.1) is 11.3 Å². The minimum absolute atomic E-state index is 0.369. The highest BCUT2D eigenvalue weighted by Gasteiger charge is 2.24. The lowest BCUT2D eigenvalue weighted by molar-refractivity contribution is 0.407. The molecule has 4 nitrogen and oxygen atoms in total. The Labute approximate surface area is 123 Å². The van der Waals surface area contributed by atoms with E-state index in [0.717, 1.165) is 12.0 Å². The minimum Gasteiger partial charge on any atom is -0.399 e. The first-order chi connectivity index (χ1) is 9.54. The Balaban J connectivity index is 2.25. The summed E-state index contributed by atoms with van der Waals surface area (Å²) in [4.78, 5) is 0. The number of nitrogens with zero attached hydrogens (tertiary/aromatic N) is 1. The van der Waals surface area contributed by atoms with Gasteiger partial charge in [0.1, 0.15) is 4.21 Å². The Kier molecular flexibility index (Phi) is 4.80. The molecule has 0 aliphatic heterocycles. The highest BCUT2D eigenvalue weighted by molar-refractivity contribution is 7.91. The zero-order valence-electron chi connectivity index (χ0n) is 11.3. The van der Waals surface area contributed by atoms with Gasteiger partial charge in [0.15, 0.2) is 0 Å². The van der Waals surface area contributed by atoms with E-state index >= 15 is 0 Å². The number of hydrogen-bond donors (Lipinski definition) is 1. The van der Waals surface area contributed by atoms with Gasteiger partial charge < -0.3 is 5.73 Å². The van der Waals surface area contributed by atoms with Crippen LogP contribution in [0.25, 0.3) is 0 Å². The summed E-state index contributed by atoms with van der Waals surface area (Å²) in [7, 11) is -3.41. The van der Waals surface area contributed by atoms with Crippen LogP contribution in [0, 0.1) is 0 Å². The van der Waals surface area contributed by atoms with E-state index in [1.54, 1.807) is 29.6 Å². The van der Waals surface area contributed by atoms with E-state index in [1.807, 2.05) is 19.1 Å². The summed E-state index contributed by atoms with van der Waals surface area (Å²) in [5.74, 6) is 0. The highest BCUT2D eigenvalue weighted by atomic mass is 32.2. The van der Waals surface area contributed by atoms with Crippen molar-refractivity contribution in [3.05, 3.63) is 47.3 Å². The molecule has 2 rings (SSSR count). The number of sulfonamides is 1. The van der Waals surface area contributed by atoms with Crippen LogP contribution in [0.3, 0.4) is 0 Å². The van der Waals surface area contributed by atoms with Crippen molar-refractivity contribution >= 4 is 27.0 Å². The van der Waals surface area contributed by atoms with Crippen LogP contribution in [0.2, 0.25) is 0 Å². The van der Waals surface area contributed by atoms with Crippen LogP contribution in [-0.4, -0.2) is 19.3 Å². The third-order valence-corrected chi connectivity index (χ3v) is 6.12. The SMILES string of the molecule is CCCN(Cc1ccc(N)cc1)S(=O)(=O)c1cccs1. The Morgan fingerprint density at radius 1 is 1.20 bits per heavy atom. The average Bonchev–Trinajstić information content (AvgIpc) is 2.95. The molecular weight excluding hydrogens is 292 g/mol. The van der Waals surface area contributed by atoms with Gasteiger partial charge >= 0.3 is 0 Å². The van der Waals surface area contributed by atoms with Gasteiger partial charge in [-0.1, -0.05) is 25.1 Å². The second kappa shape index (κ2) is 6.39. The molecule has 0 aliphatic rings. The van der Waals surface area contributed by atoms with E-state index < -0.39 is 10.0 Å². The van der Waals surface area contributed by atoms with Crippen molar-refractivity contribution in [3.8, 4) is 0 Å². The fraction of sp³-hybridized carbons (Fsp3) is 0.286. The van der Waals surface area contributed by atoms with Crippen LogP contribution in [0.1, 0.15) is 18.9 Å². The van der Waals surface area contributed by atoms with E-state index in [1.165, 1.54) is 15.6 Å². The monoisotopic (exact) mass is 310 g/mol. The number of rotatable bonds is 6. The summed E-state index contributed by atoms with van der Waals surface area (Å²) in [6.45, 7) is 2.85. The number of anilines is 1. The van der Waals surface area contributed by atoms with Crippen LogP contribution in [0.5, 0.6) is 0 Å².